The number of rotatable bonds is 3. The Labute approximate surface area is 124 Å². The van der Waals surface area contributed by atoms with Crippen LogP contribution in [-0.4, -0.2) is 5.78 Å². The van der Waals surface area contributed by atoms with Crippen molar-refractivity contribution in [2.45, 2.75) is 13.3 Å². The van der Waals surface area contributed by atoms with Gasteiger partial charge in [0.05, 0.1) is 0 Å². The van der Waals surface area contributed by atoms with Gasteiger partial charge in [-0.15, -0.1) is 0 Å². The van der Waals surface area contributed by atoms with E-state index >= 15 is 0 Å². The largest absolute Gasteiger partial charge is 0.294 e. The first-order chi connectivity index (χ1) is 8.95. The van der Waals surface area contributed by atoms with Crippen molar-refractivity contribution in [1.82, 2.24) is 0 Å². The molecule has 0 atom stereocenters. The zero-order valence-corrected chi connectivity index (χ0v) is 12.6. The van der Waals surface area contributed by atoms with Gasteiger partial charge < -0.3 is 0 Å². The van der Waals surface area contributed by atoms with Crippen LogP contribution in [0.1, 0.15) is 21.5 Å². The minimum absolute atomic E-state index is 0.146. The van der Waals surface area contributed by atoms with E-state index in [1.54, 1.807) is 25.1 Å². The van der Waals surface area contributed by atoms with Crippen LogP contribution in [0.25, 0.3) is 0 Å². The van der Waals surface area contributed by atoms with E-state index in [2.05, 4.69) is 15.9 Å². The summed E-state index contributed by atoms with van der Waals surface area (Å²) in [6, 6.07) is 9.67. The summed E-state index contributed by atoms with van der Waals surface area (Å²) < 4.78 is 14.1. The van der Waals surface area contributed by atoms with Gasteiger partial charge in [0.15, 0.2) is 5.78 Å². The van der Waals surface area contributed by atoms with Crippen LogP contribution in [0.2, 0.25) is 5.02 Å². The molecule has 0 radical (unpaired) electrons. The summed E-state index contributed by atoms with van der Waals surface area (Å²) in [6.45, 7) is 1.76. The molecule has 1 nitrogen and oxygen atoms in total. The highest BCUT2D eigenvalue weighted by atomic mass is 79.9. The number of Topliss-reactive ketones (excluding diaryl/α,β-unsaturated/α-hetero) is 1. The van der Waals surface area contributed by atoms with E-state index in [0.717, 1.165) is 15.6 Å². The molecule has 2 aromatic rings. The predicted octanol–water partition coefficient (Wildman–Crippen LogP) is 4.98. The second-order valence-corrected chi connectivity index (χ2v) is 5.68. The minimum atomic E-state index is -0.398. The van der Waals surface area contributed by atoms with Crippen LogP contribution in [-0.2, 0) is 6.42 Å². The Kier molecular flexibility index (Phi) is 4.38. The summed E-state index contributed by atoms with van der Waals surface area (Å²) in [6.07, 6.45) is 0.162. The summed E-state index contributed by atoms with van der Waals surface area (Å²) >= 11 is 9.37. The van der Waals surface area contributed by atoms with Crippen molar-refractivity contribution in [2.75, 3.05) is 0 Å². The van der Waals surface area contributed by atoms with Crippen molar-refractivity contribution in [3.63, 3.8) is 0 Å². The summed E-state index contributed by atoms with van der Waals surface area (Å²) in [5.41, 5.74) is 1.83. The molecule has 0 aliphatic heterocycles. The van der Waals surface area contributed by atoms with Crippen molar-refractivity contribution in [1.29, 1.82) is 0 Å². The Morgan fingerprint density at radius 3 is 2.63 bits per heavy atom. The van der Waals surface area contributed by atoms with Crippen molar-refractivity contribution in [2.24, 2.45) is 0 Å². The first kappa shape index (κ1) is 14.2. The van der Waals surface area contributed by atoms with Crippen molar-refractivity contribution in [3.8, 4) is 0 Å². The van der Waals surface area contributed by atoms with Gasteiger partial charge in [0.1, 0.15) is 5.82 Å². The third-order valence-electron chi connectivity index (χ3n) is 2.73. The summed E-state index contributed by atoms with van der Waals surface area (Å²) in [7, 11) is 0. The van der Waals surface area contributed by atoms with E-state index in [1.165, 1.54) is 12.1 Å². The molecule has 0 amide bonds. The number of aryl methyl sites for hydroxylation is 1. The van der Waals surface area contributed by atoms with E-state index in [4.69, 9.17) is 11.6 Å². The highest BCUT2D eigenvalue weighted by Crippen LogP contribution is 2.23. The Bertz CT molecular complexity index is 620. The number of hydrogen-bond donors (Lipinski definition) is 0. The molecule has 2 rings (SSSR count). The fraction of sp³-hybridized carbons (Fsp3) is 0.133. The van der Waals surface area contributed by atoms with E-state index in [-0.39, 0.29) is 12.2 Å². The van der Waals surface area contributed by atoms with Crippen LogP contribution in [0.3, 0.4) is 0 Å². The molecule has 2 aromatic carbocycles. The van der Waals surface area contributed by atoms with Crippen LogP contribution in [0.5, 0.6) is 0 Å². The average molecular weight is 342 g/mol. The molecule has 0 saturated heterocycles. The molecular formula is C15H11BrClFO. The topological polar surface area (TPSA) is 17.1 Å². The molecule has 0 fully saturated rings. The molecule has 0 aliphatic carbocycles. The van der Waals surface area contributed by atoms with E-state index in [9.17, 15) is 9.18 Å². The maximum Gasteiger partial charge on any atom is 0.167 e. The monoisotopic (exact) mass is 340 g/mol. The zero-order chi connectivity index (χ0) is 14.0. The molecule has 0 aromatic heterocycles. The molecule has 19 heavy (non-hydrogen) atoms. The van der Waals surface area contributed by atoms with Crippen molar-refractivity contribution < 1.29 is 9.18 Å². The number of carbonyl (C=O) groups is 1. The van der Waals surface area contributed by atoms with Gasteiger partial charge in [-0.25, -0.2) is 4.39 Å². The molecule has 0 saturated carbocycles. The van der Waals surface area contributed by atoms with Gasteiger partial charge in [0.25, 0.3) is 0 Å². The quantitative estimate of drug-likeness (QED) is 0.720. The van der Waals surface area contributed by atoms with Crippen LogP contribution in [0, 0.1) is 12.7 Å². The lowest BCUT2D eigenvalue weighted by molar-refractivity contribution is 0.0992. The minimum Gasteiger partial charge on any atom is -0.294 e. The number of halogens is 3. The standard InChI is InChI=1S/C15H11BrClFO/c1-9-4-11(6-13(18)5-9)15(19)7-10-2-3-12(16)8-14(10)17/h2-6,8H,7H2,1H3. The fourth-order valence-electron chi connectivity index (χ4n) is 1.84. The molecule has 0 unspecified atom stereocenters. The summed E-state index contributed by atoms with van der Waals surface area (Å²) in [5.74, 6) is -0.544. The van der Waals surface area contributed by atoms with E-state index < -0.39 is 5.82 Å². The Hall–Kier alpha value is -1.19. The van der Waals surface area contributed by atoms with Crippen LogP contribution >= 0.6 is 27.5 Å². The zero-order valence-electron chi connectivity index (χ0n) is 10.2. The maximum absolute atomic E-state index is 13.3. The first-order valence-electron chi connectivity index (χ1n) is 5.70. The highest BCUT2D eigenvalue weighted by Gasteiger charge is 2.11. The van der Waals surface area contributed by atoms with Crippen molar-refractivity contribution >= 4 is 33.3 Å². The van der Waals surface area contributed by atoms with Gasteiger partial charge in [-0.1, -0.05) is 33.6 Å². The van der Waals surface area contributed by atoms with Gasteiger partial charge in [-0.05, 0) is 48.4 Å². The van der Waals surface area contributed by atoms with Crippen LogP contribution < -0.4 is 0 Å². The van der Waals surface area contributed by atoms with Gasteiger partial charge in [-0.2, -0.15) is 0 Å². The second kappa shape index (κ2) is 5.85. The molecule has 0 N–H and O–H groups in total. The molecule has 0 bridgehead atoms. The fourth-order valence-corrected chi connectivity index (χ4v) is 2.58. The summed E-state index contributed by atoms with van der Waals surface area (Å²) in [4.78, 5) is 12.1. The number of benzene rings is 2. The lowest BCUT2D eigenvalue weighted by atomic mass is 10.0. The lowest BCUT2D eigenvalue weighted by Crippen LogP contribution is -2.05. The molecule has 98 valence electrons. The molecule has 0 heterocycles. The van der Waals surface area contributed by atoms with Gasteiger partial charge in [0.2, 0.25) is 0 Å². The van der Waals surface area contributed by atoms with Crippen molar-refractivity contribution in [3.05, 3.63) is 68.4 Å². The molecule has 0 spiro atoms. The molecule has 0 aliphatic rings. The Balaban J connectivity index is 2.25. The van der Waals surface area contributed by atoms with Crippen LogP contribution in [0.4, 0.5) is 4.39 Å². The Morgan fingerprint density at radius 1 is 1.26 bits per heavy atom. The molecule has 4 heteroatoms. The van der Waals surface area contributed by atoms with Gasteiger partial charge in [0, 0.05) is 21.5 Å². The maximum atomic E-state index is 13.3. The predicted molar refractivity (Wildman–Crippen MR) is 78.3 cm³/mol. The third-order valence-corrected chi connectivity index (χ3v) is 3.58. The van der Waals surface area contributed by atoms with Crippen LogP contribution in [0.15, 0.2) is 40.9 Å². The normalized spacial score (nSPS) is 10.5. The third kappa shape index (κ3) is 3.64. The van der Waals surface area contributed by atoms with E-state index in [1.807, 2.05) is 6.07 Å². The first-order valence-corrected chi connectivity index (χ1v) is 6.87. The highest BCUT2D eigenvalue weighted by molar-refractivity contribution is 9.10. The smallest absolute Gasteiger partial charge is 0.167 e. The van der Waals surface area contributed by atoms with Gasteiger partial charge >= 0.3 is 0 Å². The lowest BCUT2D eigenvalue weighted by Gasteiger charge is -2.06. The number of ketones is 1. The Morgan fingerprint density at radius 2 is 2.00 bits per heavy atom. The van der Waals surface area contributed by atoms with Gasteiger partial charge in [-0.3, -0.25) is 4.79 Å². The summed E-state index contributed by atoms with van der Waals surface area (Å²) in [5, 5.41) is 0.524. The SMILES string of the molecule is Cc1cc(F)cc(C(=O)Cc2ccc(Br)cc2Cl)c1. The second-order valence-electron chi connectivity index (χ2n) is 4.35. The number of hydrogen-bond acceptors (Lipinski definition) is 1. The average Bonchev–Trinajstić information content (AvgIpc) is 2.31. The number of carbonyl (C=O) groups excluding carboxylic acids is 1. The van der Waals surface area contributed by atoms with E-state index in [0.29, 0.717) is 10.6 Å². The molecular weight excluding hydrogens is 331 g/mol.